The third-order valence-corrected chi connectivity index (χ3v) is 6.35. The van der Waals surface area contributed by atoms with Crippen LogP contribution in [-0.4, -0.2) is 66.8 Å². The van der Waals surface area contributed by atoms with Gasteiger partial charge in [0.15, 0.2) is 5.82 Å². The number of fused-ring (bicyclic) bond motifs is 1. The molecule has 0 aromatic carbocycles. The van der Waals surface area contributed by atoms with Gasteiger partial charge in [-0.3, -0.25) is 9.59 Å². The van der Waals surface area contributed by atoms with Gasteiger partial charge in [0.1, 0.15) is 29.8 Å². The average molecular weight is 448 g/mol. The van der Waals surface area contributed by atoms with Gasteiger partial charge in [-0.25, -0.2) is 9.50 Å². The molecule has 0 radical (unpaired) electrons. The number of hydrogen-bond donors (Lipinski definition) is 3. The number of anilines is 1. The second kappa shape index (κ2) is 9.32. The summed E-state index contributed by atoms with van der Waals surface area (Å²) in [7, 11) is 0. The fourth-order valence-electron chi connectivity index (χ4n) is 3.44. The van der Waals surface area contributed by atoms with Crippen molar-refractivity contribution in [3.63, 3.8) is 0 Å². The standard InChI is InChI=1S/C20H25N5O5S/c1-11(2)14(27)7-31-8-17(28)24-19-13-4-5-16(25(13)23-10-22-19)20(9-21)18(29)12(3)15(6-26)30-20/h4-5,10-12,15,18,26,29H,6-8H2,1-3H3,(H,22,23,24,28)/t12-,15-,18-,20+/m1/s1. The van der Waals surface area contributed by atoms with Gasteiger partial charge in [-0.2, -0.15) is 10.4 Å². The molecule has 4 atom stereocenters. The van der Waals surface area contributed by atoms with E-state index in [2.05, 4.69) is 15.4 Å². The highest BCUT2D eigenvalue weighted by atomic mass is 32.2. The van der Waals surface area contributed by atoms with Gasteiger partial charge in [-0.05, 0) is 12.1 Å². The van der Waals surface area contributed by atoms with Gasteiger partial charge < -0.3 is 20.3 Å². The van der Waals surface area contributed by atoms with Gasteiger partial charge in [0.2, 0.25) is 11.5 Å². The molecule has 31 heavy (non-hydrogen) atoms. The number of amides is 1. The lowest BCUT2D eigenvalue weighted by Gasteiger charge is -2.24. The zero-order chi connectivity index (χ0) is 22.8. The fraction of sp³-hybridized carbons (Fsp3) is 0.550. The first-order valence-corrected chi connectivity index (χ1v) is 11.0. The number of ketones is 1. The molecule has 166 valence electrons. The van der Waals surface area contributed by atoms with E-state index in [9.17, 15) is 25.1 Å². The van der Waals surface area contributed by atoms with Gasteiger partial charge in [0, 0.05) is 11.8 Å². The Morgan fingerprint density at radius 3 is 2.77 bits per heavy atom. The number of nitrogens with one attached hydrogen (secondary N) is 1. The Balaban J connectivity index is 1.83. The Bertz CT molecular complexity index is 1020. The zero-order valence-electron chi connectivity index (χ0n) is 17.5. The summed E-state index contributed by atoms with van der Waals surface area (Å²) in [4.78, 5) is 28.1. The lowest BCUT2D eigenvalue weighted by molar-refractivity contribution is -0.119. The number of ether oxygens (including phenoxy) is 1. The molecular weight excluding hydrogens is 422 g/mol. The Morgan fingerprint density at radius 2 is 2.16 bits per heavy atom. The molecule has 0 unspecified atom stereocenters. The number of hydrogen-bond acceptors (Lipinski definition) is 9. The molecule has 0 spiro atoms. The second-order valence-corrected chi connectivity index (χ2v) is 8.76. The van der Waals surface area contributed by atoms with Crippen LogP contribution in [0.3, 0.4) is 0 Å². The number of nitrogens with zero attached hydrogens (tertiary/aromatic N) is 4. The Morgan fingerprint density at radius 1 is 1.42 bits per heavy atom. The van der Waals surface area contributed by atoms with E-state index < -0.39 is 23.7 Å². The lowest BCUT2D eigenvalue weighted by Crippen LogP contribution is -2.38. The first-order chi connectivity index (χ1) is 14.7. The monoisotopic (exact) mass is 447 g/mol. The maximum absolute atomic E-state index is 12.3. The average Bonchev–Trinajstić information content (AvgIpc) is 3.29. The maximum atomic E-state index is 12.3. The molecule has 1 aliphatic rings. The number of nitriles is 1. The Labute approximate surface area is 183 Å². The molecule has 0 bridgehead atoms. The van der Waals surface area contributed by atoms with Gasteiger partial charge in [-0.1, -0.05) is 20.8 Å². The molecular formula is C20H25N5O5S. The summed E-state index contributed by atoms with van der Waals surface area (Å²) in [6.45, 7) is 4.99. The molecule has 1 saturated heterocycles. The summed E-state index contributed by atoms with van der Waals surface area (Å²) in [5.74, 6) is -0.233. The summed E-state index contributed by atoms with van der Waals surface area (Å²) < 4.78 is 7.16. The van der Waals surface area contributed by atoms with Crippen molar-refractivity contribution >= 4 is 34.8 Å². The molecule has 0 saturated carbocycles. The van der Waals surface area contributed by atoms with E-state index in [1.165, 1.54) is 22.6 Å². The summed E-state index contributed by atoms with van der Waals surface area (Å²) in [6, 6.07) is 5.23. The zero-order valence-corrected chi connectivity index (χ0v) is 18.3. The van der Waals surface area contributed by atoms with Gasteiger partial charge in [-0.15, -0.1) is 11.8 Å². The molecule has 2 aromatic rings. The molecule has 1 fully saturated rings. The van der Waals surface area contributed by atoms with Gasteiger partial charge in [0.05, 0.1) is 29.9 Å². The van der Waals surface area contributed by atoms with Crippen molar-refractivity contribution in [2.24, 2.45) is 11.8 Å². The van der Waals surface area contributed by atoms with Crippen molar-refractivity contribution < 1.29 is 24.5 Å². The largest absolute Gasteiger partial charge is 0.394 e. The van der Waals surface area contributed by atoms with E-state index in [0.717, 1.165) is 0 Å². The first kappa shape index (κ1) is 23.1. The quantitative estimate of drug-likeness (QED) is 0.532. The van der Waals surface area contributed by atoms with Crippen LogP contribution in [0.1, 0.15) is 26.5 Å². The number of aromatic nitrogens is 3. The highest BCUT2D eigenvalue weighted by Gasteiger charge is 2.55. The van der Waals surface area contributed by atoms with E-state index in [0.29, 0.717) is 5.52 Å². The summed E-state index contributed by atoms with van der Waals surface area (Å²) in [6.07, 6.45) is -0.664. The lowest BCUT2D eigenvalue weighted by atomic mass is 9.88. The fourth-order valence-corrected chi connectivity index (χ4v) is 4.34. The highest BCUT2D eigenvalue weighted by molar-refractivity contribution is 8.00. The topological polar surface area (TPSA) is 150 Å². The van der Waals surface area contributed by atoms with Crippen LogP contribution in [0.5, 0.6) is 0 Å². The summed E-state index contributed by atoms with van der Waals surface area (Å²) in [5, 5.41) is 37.0. The minimum Gasteiger partial charge on any atom is -0.394 e. The number of aliphatic hydroxyl groups is 2. The molecule has 2 aromatic heterocycles. The van der Waals surface area contributed by atoms with Crippen molar-refractivity contribution in [1.82, 2.24) is 14.6 Å². The molecule has 3 heterocycles. The van der Waals surface area contributed by atoms with E-state index in [-0.39, 0.29) is 47.2 Å². The van der Waals surface area contributed by atoms with Crippen molar-refractivity contribution in [2.75, 3.05) is 23.4 Å². The van der Waals surface area contributed by atoms with Crippen LogP contribution in [0.4, 0.5) is 5.82 Å². The number of thioether (sulfide) groups is 1. The van der Waals surface area contributed by atoms with E-state index in [1.807, 2.05) is 19.9 Å². The van der Waals surface area contributed by atoms with Gasteiger partial charge in [0.25, 0.3) is 0 Å². The normalized spacial score (nSPS) is 25.6. The molecule has 1 amide bonds. The minimum atomic E-state index is -1.72. The molecule has 0 aliphatic carbocycles. The van der Waals surface area contributed by atoms with Crippen LogP contribution in [0.15, 0.2) is 18.5 Å². The molecule has 10 nitrogen and oxygen atoms in total. The third-order valence-electron chi connectivity index (χ3n) is 5.40. The molecule has 3 N–H and O–H groups in total. The third kappa shape index (κ3) is 4.29. The van der Waals surface area contributed by atoms with E-state index in [1.54, 1.807) is 19.1 Å². The summed E-state index contributed by atoms with van der Waals surface area (Å²) in [5.41, 5.74) is -1.03. The number of aliphatic hydroxyl groups excluding tert-OH is 2. The molecule has 11 heteroatoms. The number of Topliss-reactive ketones (excluding diaryl/α,β-unsaturated/α-hetero) is 1. The predicted molar refractivity (Wildman–Crippen MR) is 113 cm³/mol. The van der Waals surface area contributed by atoms with Crippen LogP contribution in [0, 0.1) is 23.2 Å². The molecule has 1 aliphatic heterocycles. The van der Waals surface area contributed by atoms with Crippen molar-refractivity contribution in [1.29, 1.82) is 5.26 Å². The van der Waals surface area contributed by atoms with Crippen LogP contribution >= 0.6 is 11.8 Å². The number of rotatable bonds is 8. The van der Waals surface area contributed by atoms with Crippen molar-refractivity contribution in [2.45, 2.75) is 38.6 Å². The van der Waals surface area contributed by atoms with Crippen molar-refractivity contribution in [3.05, 3.63) is 24.2 Å². The van der Waals surface area contributed by atoms with Crippen LogP contribution in [0.2, 0.25) is 0 Å². The van der Waals surface area contributed by atoms with E-state index >= 15 is 0 Å². The second-order valence-electron chi connectivity index (χ2n) is 7.78. The van der Waals surface area contributed by atoms with Crippen molar-refractivity contribution in [3.8, 4) is 6.07 Å². The SMILES string of the molecule is CC(C)C(=O)CSCC(=O)Nc1ncnn2c([C@]3(C#N)O[C@H](CO)[C@@H](C)[C@H]3O)ccc12. The van der Waals surface area contributed by atoms with Crippen LogP contribution in [0.25, 0.3) is 5.52 Å². The smallest absolute Gasteiger partial charge is 0.235 e. The van der Waals surface area contributed by atoms with Crippen LogP contribution in [-0.2, 0) is 19.9 Å². The predicted octanol–water partition coefficient (Wildman–Crippen LogP) is 0.733. The number of carbonyl (C=O) groups is 2. The van der Waals surface area contributed by atoms with Gasteiger partial charge >= 0.3 is 0 Å². The Kier molecular flexibility index (Phi) is 6.96. The molecule has 3 rings (SSSR count). The first-order valence-electron chi connectivity index (χ1n) is 9.86. The summed E-state index contributed by atoms with van der Waals surface area (Å²) >= 11 is 1.22. The Hall–Kier alpha value is -2.52. The number of carbonyl (C=O) groups excluding carboxylic acids is 2. The highest BCUT2D eigenvalue weighted by Crippen LogP contribution is 2.43. The maximum Gasteiger partial charge on any atom is 0.235 e. The minimum absolute atomic E-state index is 0.0748. The van der Waals surface area contributed by atoms with E-state index in [4.69, 9.17) is 4.74 Å². The van der Waals surface area contributed by atoms with Crippen LogP contribution < -0.4 is 5.32 Å².